The lowest BCUT2D eigenvalue weighted by molar-refractivity contribution is 0.268. The van der Waals surface area contributed by atoms with Gasteiger partial charge in [0.2, 0.25) is 0 Å². The molecule has 0 aliphatic heterocycles. The van der Waals surface area contributed by atoms with Crippen molar-refractivity contribution < 1.29 is 5.11 Å². The van der Waals surface area contributed by atoms with E-state index in [4.69, 9.17) is 5.11 Å². The number of benzene rings is 1. The SMILES string of the molecule is CCc1ccccc1NCc1cn(CCO)nn1. The minimum atomic E-state index is 0.0783. The van der Waals surface area contributed by atoms with E-state index in [1.54, 1.807) is 4.68 Å². The number of hydrogen-bond acceptors (Lipinski definition) is 4. The first kappa shape index (κ1) is 12.6. The molecular weight excluding hydrogens is 228 g/mol. The summed E-state index contributed by atoms with van der Waals surface area (Å²) in [6.45, 7) is 3.34. The second-order valence-electron chi connectivity index (χ2n) is 4.06. The molecule has 1 heterocycles. The Labute approximate surface area is 106 Å². The standard InChI is InChI=1S/C13H18N4O/c1-2-11-5-3-4-6-13(11)14-9-12-10-17(7-8-18)16-15-12/h3-6,10,14,18H,2,7-9H2,1H3. The normalized spacial score (nSPS) is 10.6. The molecule has 2 N–H and O–H groups in total. The molecule has 0 spiro atoms. The Hall–Kier alpha value is -1.88. The van der Waals surface area contributed by atoms with Crippen molar-refractivity contribution in [3.8, 4) is 0 Å². The summed E-state index contributed by atoms with van der Waals surface area (Å²) >= 11 is 0. The topological polar surface area (TPSA) is 63.0 Å². The van der Waals surface area contributed by atoms with Crippen molar-refractivity contribution in [2.24, 2.45) is 0 Å². The van der Waals surface area contributed by atoms with Crippen LogP contribution in [0.4, 0.5) is 5.69 Å². The van der Waals surface area contributed by atoms with Crippen molar-refractivity contribution in [3.05, 3.63) is 41.7 Å². The smallest absolute Gasteiger partial charge is 0.102 e. The number of aliphatic hydroxyl groups excluding tert-OH is 1. The van der Waals surface area contributed by atoms with Gasteiger partial charge >= 0.3 is 0 Å². The quantitative estimate of drug-likeness (QED) is 0.809. The predicted octanol–water partition coefficient (Wildman–Crippen LogP) is 1.44. The van der Waals surface area contributed by atoms with Crippen LogP contribution in [0.25, 0.3) is 0 Å². The molecule has 0 bridgehead atoms. The summed E-state index contributed by atoms with van der Waals surface area (Å²) in [4.78, 5) is 0. The van der Waals surface area contributed by atoms with E-state index in [1.165, 1.54) is 5.56 Å². The van der Waals surface area contributed by atoms with Crippen LogP contribution in [0.3, 0.4) is 0 Å². The van der Waals surface area contributed by atoms with E-state index < -0.39 is 0 Å². The highest BCUT2D eigenvalue weighted by molar-refractivity contribution is 5.51. The summed E-state index contributed by atoms with van der Waals surface area (Å²) in [5, 5.41) is 20.1. The van der Waals surface area contributed by atoms with Crippen molar-refractivity contribution in [1.82, 2.24) is 15.0 Å². The Morgan fingerprint density at radius 1 is 1.33 bits per heavy atom. The number of anilines is 1. The highest BCUT2D eigenvalue weighted by Crippen LogP contribution is 2.15. The van der Waals surface area contributed by atoms with Crippen molar-refractivity contribution in [2.45, 2.75) is 26.4 Å². The van der Waals surface area contributed by atoms with Gasteiger partial charge in [0.05, 0.1) is 25.9 Å². The minimum absolute atomic E-state index is 0.0783. The highest BCUT2D eigenvalue weighted by atomic mass is 16.3. The number of aliphatic hydroxyl groups is 1. The molecule has 0 aliphatic rings. The molecule has 0 aliphatic carbocycles. The van der Waals surface area contributed by atoms with E-state index in [0.717, 1.165) is 17.8 Å². The van der Waals surface area contributed by atoms with Gasteiger partial charge in [-0.2, -0.15) is 0 Å². The summed E-state index contributed by atoms with van der Waals surface area (Å²) < 4.78 is 1.64. The van der Waals surface area contributed by atoms with Gasteiger partial charge in [0, 0.05) is 5.69 Å². The average molecular weight is 246 g/mol. The maximum atomic E-state index is 8.80. The number of aryl methyl sites for hydroxylation is 1. The number of hydrogen-bond donors (Lipinski definition) is 2. The van der Waals surface area contributed by atoms with E-state index in [0.29, 0.717) is 13.1 Å². The molecule has 0 unspecified atom stereocenters. The monoisotopic (exact) mass is 246 g/mol. The zero-order valence-electron chi connectivity index (χ0n) is 10.5. The molecule has 1 aromatic heterocycles. The van der Waals surface area contributed by atoms with Crippen LogP contribution in [0.1, 0.15) is 18.2 Å². The lowest BCUT2D eigenvalue weighted by Crippen LogP contribution is -2.03. The first-order valence-electron chi connectivity index (χ1n) is 6.15. The first-order valence-corrected chi connectivity index (χ1v) is 6.15. The number of nitrogens with zero attached hydrogens (tertiary/aromatic N) is 3. The van der Waals surface area contributed by atoms with Gasteiger partial charge in [0.1, 0.15) is 5.69 Å². The van der Waals surface area contributed by atoms with E-state index in [-0.39, 0.29) is 6.61 Å². The molecule has 2 aromatic rings. The van der Waals surface area contributed by atoms with Crippen molar-refractivity contribution in [1.29, 1.82) is 0 Å². The van der Waals surface area contributed by atoms with Gasteiger partial charge in [-0.05, 0) is 18.1 Å². The van der Waals surface area contributed by atoms with Gasteiger partial charge in [-0.3, -0.25) is 0 Å². The number of aromatic nitrogens is 3. The highest BCUT2D eigenvalue weighted by Gasteiger charge is 2.02. The van der Waals surface area contributed by atoms with Gasteiger partial charge in [0.15, 0.2) is 0 Å². The fourth-order valence-electron chi connectivity index (χ4n) is 1.82. The zero-order valence-corrected chi connectivity index (χ0v) is 10.5. The molecule has 0 saturated heterocycles. The summed E-state index contributed by atoms with van der Waals surface area (Å²) in [5.41, 5.74) is 3.30. The Bertz CT molecular complexity index is 495. The maximum absolute atomic E-state index is 8.80. The predicted molar refractivity (Wildman–Crippen MR) is 70.3 cm³/mol. The lowest BCUT2D eigenvalue weighted by Gasteiger charge is -2.08. The maximum Gasteiger partial charge on any atom is 0.102 e. The molecule has 0 fully saturated rings. The fraction of sp³-hybridized carbons (Fsp3) is 0.385. The first-order chi connectivity index (χ1) is 8.83. The van der Waals surface area contributed by atoms with Crippen LogP contribution in [0.15, 0.2) is 30.5 Å². The van der Waals surface area contributed by atoms with Crippen LogP contribution in [0.5, 0.6) is 0 Å². The van der Waals surface area contributed by atoms with Crippen molar-refractivity contribution in [2.75, 3.05) is 11.9 Å². The van der Waals surface area contributed by atoms with Crippen LogP contribution in [-0.4, -0.2) is 26.7 Å². The molecule has 0 saturated carbocycles. The molecule has 0 radical (unpaired) electrons. The summed E-state index contributed by atoms with van der Waals surface area (Å²) in [7, 11) is 0. The van der Waals surface area contributed by atoms with Crippen LogP contribution >= 0.6 is 0 Å². The Balaban J connectivity index is 1.97. The molecule has 1 aromatic carbocycles. The number of para-hydroxylation sites is 1. The van der Waals surface area contributed by atoms with Gasteiger partial charge in [-0.1, -0.05) is 30.3 Å². The molecule has 2 rings (SSSR count). The largest absolute Gasteiger partial charge is 0.394 e. The molecule has 5 heteroatoms. The second-order valence-corrected chi connectivity index (χ2v) is 4.06. The van der Waals surface area contributed by atoms with E-state index >= 15 is 0 Å². The Morgan fingerprint density at radius 2 is 2.17 bits per heavy atom. The fourth-order valence-corrected chi connectivity index (χ4v) is 1.82. The molecule has 96 valence electrons. The third-order valence-electron chi connectivity index (χ3n) is 2.77. The van der Waals surface area contributed by atoms with Crippen LogP contribution in [0.2, 0.25) is 0 Å². The third-order valence-corrected chi connectivity index (χ3v) is 2.77. The second kappa shape index (κ2) is 6.16. The van der Waals surface area contributed by atoms with E-state index in [1.807, 2.05) is 18.3 Å². The Morgan fingerprint density at radius 3 is 2.94 bits per heavy atom. The third kappa shape index (κ3) is 3.07. The average Bonchev–Trinajstić information content (AvgIpc) is 2.85. The molecular formula is C13H18N4O. The molecule has 5 nitrogen and oxygen atoms in total. The summed E-state index contributed by atoms with van der Waals surface area (Å²) in [6.07, 6.45) is 2.85. The number of rotatable bonds is 6. The van der Waals surface area contributed by atoms with E-state index in [9.17, 15) is 0 Å². The van der Waals surface area contributed by atoms with Crippen LogP contribution in [-0.2, 0) is 19.5 Å². The minimum Gasteiger partial charge on any atom is -0.394 e. The molecule has 0 amide bonds. The van der Waals surface area contributed by atoms with Crippen LogP contribution < -0.4 is 5.32 Å². The number of nitrogens with one attached hydrogen (secondary N) is 1. The van der Waals surface area contributed by atoms with Crippen LogP contribution in [0, 0.1) is 0 Å². The van der Waals surface area contributed by atoms with Crippen molar-refractivity contribution >= 4 is 5.69 Å². The van der Waals surface area contributed by atoms with Gasteiger partial charge in [-0.25, -0.2) is 4.68 Å². The van der Waals surface area contributed by atoms with Crippen molar-refractivity contribution in [3.63, 3.8) is 0 Å². The zero-order chi connectivity index (χ0) is 12.8. The molecule has 18 heavy (non-hydrogen) atoms. The molecule has 0 atom stereocenters. The lowest BCUT2D eigenvalue weighted by atomic mass is 10.1. The van der Waals surface area contributed by atoms with E-state index in [2.05, 4.69) is 34.7 Å². The van der Waals surface area contributed by atoms with Gasteiger partial charge in [-0.15, -0.1) is 5.10 Å². The van der Waals surface area contributed by atoms with Gasteiger partial charge in [0.25, 0.3) is 0 Å². The Kier molecular flexibility index (Phi) is 4.30. The summed E-state index contributed by atoms with van der Waals surface area (Å²) in [5.74, 6) is 0. The summed E-state index contributed by atoms with van der Waals surface area (Å²) in [6, 6.07) is 8.24. The van der Waals surface area contributed by atoms with Gasteiger partial charge < -0.3 is 10.4 Å².